The Morgan fingerprint density at radius 3 is 2.38 bits per heavy atom. The molecule has 0 heterocycles. The Labute approximate surface area is 83.9 Å². The monoisotopic (exact) mass is 200 g/mol. The van der Waals surface area contributed by atoms with Crippen LogP contribution in [-0.2, 0) is 6.54 Å². The first-order valence-electron chi connectivity index (χ1n) is 3.74. The van der Waals surface area contributed by atoms with Crippen LogP contribution in [0, 0.1) is 0 Å². The summed E-state index contributed by atoms with van der Waals surface area (Å²) in [5, 5.41) is 0. The highest BCUT2D eigenvalue weighted by atomic mass is 35.5. The number of carbonyl (C=O) groups is 1. The summed E-state index contributed by atoms with van der Waals surface area (Å²) in [7, 11) is 1.68. The molecule has 2 N–H and O–H groups in total. The topological polar surface area (TPSA) is 46.3 Å². The van der Waals surface area contributed by atoms with Crippen molar-refractivity contribution in [3.05, 3.63) is 35.9 Å². The Hall–Kier alpha value is -1.22. The maximum absolute atomic E-state index is 10.7. The molecule has 0 saturated heterocycles. The zero-order valence-electron chi connectivity index (χ0n) is 7.43. The first kappa shape index (κ1) is 11.8. The van der Waals surface area contributed by atoms with E-state index in [1.54, 1.807) is 7.05 Å². The number of amides is 2. The van der Waals surface area contributed by atoms with Gasteiger partial charge in [0.25, 0.3) is 0 Å². The van der Waals surface area contributed by atoms with Crippen LogP contribution in [0.25, 0.3) is 0 Å². The van der Waals surface area contributed by atoms with Crippen molar-refractivity contribution in [2.45, 2.75) is 6.54 Å². The number of nitrogens with two attached hydrogens (primary N) is 1. The predicted octanol–water partition coefficient (Wildman–Crippen LogP) is 1.62. The molecule has 0 spiro atoms. The van der Waals surface area contributed by atoms with Crippen LogP contribution >= 0.6 is 12.4 Å². The molecule has 1 aromatic rings. The number of carbonyl (C=O) groups excluding carboxylic acids is 1. The van der Waals surface area contributed by atoms with E-state index in [0.717, 1.165) is 5.56 Å². The molecule has 2 amide bonds. The largest absolute Gasteiger partial charge is 0.351 e. The summed E-state index contributed by atoms with van der Waals surface area (Å²) in [4.78, 5) is 12.1. The molecule has 0 atom stereocenters. The van der Waals surface area contributed by atoms with Crippen LogP contribution in [0.1, 0.15) is 5.56 Å². The second-order valence-corrected chi connectivity index (χ2v) is 2.68. The zero-order valence-corrected chi connectivity index (χ0v) is 8.25. The number of rotatable bonds is 2. The van der Waals surface area contributed by atoms with Gasteiger partial charge in [0, 0.05) is 13.6 Å². The SMILES string of the molecule is CN(Cc1ccccc1)C(N)=O.Cl. The average Bonchev–Trinajstić information content (AvgIpc) is 2.06. The summed E-state index contributed by atoms with van der Waals surface area (Å²) in [6.45, 7) is 0.566. The second-order valence-electron chi connectivity index (χ2n) is 2.68. The molecule has 0 aliphatic carbocycles. The van der Waals surface area contributed by atoms with Crippen LogP contribution in [0.4, 0.5) is 4.79 Å². The average molecular weight is 201 g/mol. The van der Waals surface area contributed by atoms with Gasteiger partial charge in [-0.1, -0.05) is 30.3 Å². The van der Waals surface area contributed by atoms with Crippen molar-refractivity contribution < 1.29 is 4.79 Å². The molecule has 1 aromatic carbocycles. The Balaban J connectivity index is 0.00000144. The summed E-state index contributed by atoms with van der Waals surface area (Å²) < 4.78 is 0. The number of benzene rings is 1. The second kappa shape index (κ2) is 5.43. The fourth-order valence-electron chi connectivity index (χ4n) is 0.935. The van der Waals surface area contributed by atoms with Crippen molar-refractivity contribution in [2.75, 3.05) is 7.05 Å². The third kappa shape index (κ3) is 3.80. The molecular weight excluding hydrogens is 188 g/mol. The minimum absolute atomic E-state index is 0. The van der Waals surface area contributed by atoms with Crippen LogP contribution in [0.5, 0.6) is 0 Å². The van der Waals surface area contributed by atoms with E-state index in [9.17, 15) is 4.79 Å². The molecule has 13 heavy (non-hydrogen) atoms. The molecule has 0 saturated carbocycles. The van der Waals surface area contributed by atoms with E-state index in [0.29, 0.717) is 6.54 Å². The Bertz CT molecular complexity index is 264. The van der Waals surface area contributed by atoms with Crippen molar-refractivity contribution in [1.29, 1.82) is 0 Å². The Morgan fingerprint density at radius 2 is 1.92 bits per heavy atom. The number of hydrogen-bond donors (Lipinski definition) is 1. The van der Waals surface area contributed by atoms with E-state index in [1.807, 2.05) is 30.3 Å². The quantitative estimate of drug-likeness (QED) is 0.775. The van der Waals surface area contributed by atoms with Gasteiger partial charge in [0.05, 0.1) is 0 Å². The highest BCUT2D eigenvalue weighted by molar-refractivity contribution is 5.85. The van der Waals surface area contributed by atoms with Gasteiger partial charge >= 0.3 is 6.03 Å². The lowest BCUT2D eigenvalue weighted by Gasteiger charge is -2.13. The fourth-order valence-corrected chi connectivity index (χ4v) is 0.935. The van der Waals surface area contributed by atoms with E-state index in [4.69, 9.17) is 5.73 Å². The predicted molar refractivity (Wildman–Crippen MR) is 54.7 cm³/mol. The van der Waals surface area contributed by atoms with Crippen molar-refractivity contribution in [1.82, 2.24) is 4.90 Å². The van der Waals surface area contributed by atoms with E-state index in [-0.39, 0.29) is 12.4 Å². The minimum Gasteiger partial charge on any atom is -0.351 e. The van der Waals surface area contributed by atoms with Gasteiger partial charge in [-0.25, -0.2) is 4.79 Å². The van der Waals surface area contributed by atoms with E-state index in [1.165, 1.54) is 4.90 Å². The van der Waals surface area contributed by atoms with Gasteiger partial charge in [-0.3, -0.25) is 0 Å². The highest BCUT2D eigenvalue weighted by Crippen LogP contribution is 2.01. The van der Waals surface area contributed by atoms with Crippen molar-refractivity contribution in [2.24, 2.45) is 5.73 Å². The van der Waals surface area contributed by atoms with Crippen LogP contribution < -0.4 is 5.73 Å². The summed E-state index contributed by atoms with van der Waals surface area (Å²) in [5.41, 5.74) is 6.15. The summed E-state index contributed by atoms with van der Waals surface area (Å²) >= 11 is 0. The van der Waals surface area contributed by atoms with Gasteiger partial charge in [0.1, 0.15) is 0 Å². The molecule has 0 radical (unpaired) electrons. The normalized spacial score (nSPS) is 8.69. The standard InChI is InChI=1S/C9H12N2O.ClH/c1-11(9(10)12)7-8-5-3-2-4-6-8;/h2-6H,7H2,1H3,(H2,10,12);1H. The molecule has 0 bridgehead atoms. The van der Waals surface area contributed by atoms with Gasteiger partial charge in [-0.15, -0.1) is 12.4 Å². The molecule has 0 aliphatic rings. The molecule has 0 fully saturated rings. The number of urea groups is 1. The fraction of sp³-hybridized carbons (Fsp3) is 0.222. The molecule has 1 rings (SSSR count). The van der Waals surface area contributed by atoms with Gasteiger partial charge in [0.15, 0.2) is 0 Å². The van der Waals surface area contributed by atoms with Crippen molar-refractivity contribution in [3.8, 4) is 0 Å². The number of nitrogens with zero attached hydrogens (tertiary/aromatic N) is 1. The molecule has 4 heteroatoms. The van der Waals surface area contributed by atoms with Crippen molar-refractivity contribution in [3.63, 3.8) is 0 Å². The summed E-state index contributed by atoms with van der Waals surface area (Å²) in [6.07, 6.45) is 0. The Kier molecular flexibility index (Phi) is 4.92. The maximum atomic E-state index is 10.7. The molecule has 0 aromatic heterocycles. The molecule has 0 unspecified atom stereocenters. The van der Waals surface area contributed by atoms with Gasteiger partial charge < -0.3 is 10.6 Å². The lowest BCUT2D eigenvalue weighted by molar-refractivity contribution is 0.216. The zero-order chi connectivity index (χ0) is 8.97. The first-order valence-corrected chi connectivity index (χ1v) is 3.74. The number of primary amides is 1. The first-order chi connectivity index (χ1) is 5.70. The number of halogens is 1. The number of hydrogen-bond acceptors (Lipinski definition) is 1. The lowest BCUT2D eigenvalue weighted by atomic mass is 10.2. The van der Waals surface area contributed by atoms with Crippen LogP contribution in [0.2, 0.25) is 0 Å². The van der Waals surface area contributed by atoms with Crippen LogP contribution in [0.15, 0.2) is 30.3 Å². The van der Waals surface area contributed by atoms with E-state index >= 15 is 0 Å². The summed E-state index contributed by atoms with van der Waals surface area (Å²) in [6, 6.07) is 9.32. The molecular formula is C9H13ClN2O. The van der Waals surface area contributed by atoms with Crippen LogP contribution in [0.3, 0.4) is 0 Å². The molecule has 72 valence electrons. The van der Waals surface area contributed by atoms with Crippen LogP contribution in [-0.4, -0.2) is 18.0 Å². The Morgan fingerprint density at radius 1 is 1.38 bits per heavy atom. The summed E-state index contributed by atoms with van der Waals surface area (Å²) in [5.74, 6) is 0. The van der Waals surface area contributed by atoms with Gasteiger partial charge in [-0.2, -0.15) is 0 Å². The van der Waals surface area contributed by atoms with E-state index < -0.39 is 6.03 Å². The maximum Gasteiger partial charge on any atom is 0.314 e. The molecule has 0 aliphatic heterocycles. The minimum atomic E-state index is -0.404. The molecule has 3 nitrogen and oxygen atoms in total. The third-order valence-electron chi connectivity index (χ3n) is 1.64. The highest BCUT2D eigenvalue weighted by Gasteiger charge is 2.02. The third-order valence-corrected chi connectivity index (χ3v) is 1.64. The van der Waals surface area contributed by atoms with Gasteiger partial charge in [0.2, 0.25) is 0 Å². The van der Waals surface area contributed by atoms with Crippen molar-refractivity contribution >= 4 is 18.4 Å². The van der Waals surface area contributed by atoms with E-state index in [2.05, 4.69) is 0 Å². The van der Waals surface area contributed by atoms with Gasteiger partial charge in [-0.05, 0) is 5.56 Å². The lowest BCUT2D eigenvalue weighted by Crippen LogP contribution is -2.31. The smallest absolute Gasteiger partial charge is 0.314 e.